The Hall–Kier alpha value is -1.09. The number of hydrogen-bond donors (Lipinski definition) is 0. The van der Waals surface area contributed by atoms with Crippen LogP contribution in [-0.2, 0) is 60.4 Å². The van der Waals surface area contributed by atoms with E-state index in [2.05, 4.69) is 19.6 Å². The molecule has 0 heterocycles. The first-order chi connectivity index (χ1) is 12.4. The van der Waals surface area contributed by atoms with E-state index >= 15 is 0 Å². The SMILES string of the molecule is CCCOOC(=O)CC(=O)CCC.CCCOOC(=O)CC(=O)CCC.[Ti]. The van der Waals surface area contributed by atoms with E-state index in [9.17, 15) is 19.2 Å². The second kappa shape index (κ2) is 23.0. The number of carbonyl (C=O) groups excluding carboxylic acids is 4. The summed E-state index contributed by atoms with van der Waals surface area (Å²) < 4.78 is 0. The molecular weight excluding hydrogens is 392 g/mol. The van der Waals surface area contributed by atoms with Gasteiger partial charge in [-0.15, -0.1) is 0 Å². The molecular formula is C18H32O8Ti. The van der Waals surface area contributed by atoms with Crippen molar-refractivity contribution in [1.29, 1.82) is 0 Å². The minimum Gasteiger partial charge on any atom is -0.299 e. The van der Waals surface area contributed by atoms with Gasteiger partial charge in [0.05, 0.1) is 13.2 Å². The molecule has 0 saturated heterocycles. The summed E-state index contributed by atoms with van der Waals surface area (Å²) >= 11 is 0. The first kappa shape index (κ1) is 30.6. The summed E-state index contributed by atoms with van der Waals surface area (Å²) in [4.78, 5) is 61.3. The molecule has 0 aromatic carbocycles. The fourth-order valence-corrected chi connectivity index (χ4v) is 1.50. The standard InChI is InChI=1S/2C9H16O4.Ti/c2*1-3-5-8(10)7-9(11)13-12-6-4-2;/h2*3-7H2,1-2H3;. The largest absolute Gasteiger partial charge is 0.349 e. The van der Waals surface area contributed by atoms with Gasteiger partial charge in [-0.1, -0.05) is 27.7 Å². The monoisotopic (exact) mass is 424 g/mol. The molecule has 0 rings (SSSR count). The summed E-state index contributed by atoms with van der Waals surface area (Å²) in [6, 6.07) is 0. The first-order valence-corrected chi connectivity index (χ1v) is 9.09. The minimum atomic E-state index is -0.605. The molecule has 0 aromatic heterocycles. The van der Waals surface area contributed by atoms with E-state index in [1.165, 1.54) is 0 Å². The molecule has 0 aliphatic rings. The molecule has 156 valence electrons. The third-order valence-electron chi connectivity index (χ3n) is 2.62. The van der Waals surface area contributed by atoms with Crippen molar-refractivity contribution in [3.05, 3.63) is 0 Å². The predicted octanol–water partition coefficient (Wildman–Crippen LogP) is 3.26. The van der Waals surface area contributed by atoms with Gasteiger partial charge in [-0.05, 0) is 25.7 Å². The normalized spacial score (nSPS) is 9.33. The third kappa shape index (κ3) is 24.9. The Bertz CT molecular complexity index is 374. The zero-order valence-electron chi connectivity index (χ0n) is 16.8. The number of carbonyl (C=O) groups is 4. The molecule has 0 amide bonds. The summed E-state index contributed by atoms with van der Waals surface area (Å²) in [7, 11) is 0. The molecule has 0 N–H and O–H groups in total. The van der Waals surface area contributed by atoms with E-state index in [0.29, 0.717) is 26.1 Å². The number of rotatable bonds is 14. The van der Waals surface area contributed by atoms with Crippen molar-refractivity contribution >= 4 is 23.5 Å². The Morgan fingerprint density at radius 1 is 0.593 bits per heavy atom. The molecule has 0 saturated carbocycles. The second-order valence-corrected chi connectivity index (χ2v) is 5.49. The van der Waals surface area contributed by atoms with Crippen LogP contribution < -0.4 is 0 Å². The van der Waals surface area contributed by atoms with Gasteiger partial charge in [0.2, 0.25) is 0 Å². The average Bonchev–Trinajstić information content (AvgIpc) is 2.56. The van der Waals surface area contributed by atoms with Crippen LogP contribution in [-0.4, -0.2) is 36.7 Å². The van der Waals surface area contributed by atoms with Crippen LogP contribution >= 0.6 is 0 Å². The summed E-state index contributed by atoms with van der Waals surface area (Å²) in [5.41, 5.74) is 0. The molecule has 0 radical (unpaired) electrons. The zero-order valence-corrected chi connectivity index (χ0v) is 18.4. The van der Waals surface area contributed by atoms with E-state index in [1.807, 2.05) is 27.7 Å². The molecule has 0 spiro atoms. The number of hydrogen-bond acceptors (Lipinski definition) is 8. The van der Waals surface area contributed by atoms with Gasteiger partial charge in [-0.3, -0.25) is 19.4 Å². The zero-order chi connectivity index (χ0) is 20.2. The van der Waals surface area contributed by atoms with E-state index in [4.69, 9.17) is 0 Å². The van der Waals surface area contributed by atoms with Crippen LogP contribution in [0.4, 0.5) is 0 Å². The fourth-order valence-electron chi connectivity index (χ4n) is 1.50. The van der Waals surface area contributed by atoms with E-state index in [0.717, 1.165) is 25.7 Å². The fraction of sp³-hybridized carbons (Fsp3) is 0.778. The topological polar surface area (TPSA) is 105 Å². The predicted molar refractivity (Wildman–Crippen MR) is 93.7 cm³/mol. The Balaban J connectivity index is -0.000000411. The molecule has 0 aliphatic carbocycles. The first-order valence-electron chi connectivity index (χ1n) is 9.09. The van der Waals surface area contributed by atoms with Crippen molar-refractivity contribution in [1.82, 2.24) is 0 Å². The molecule has 8 nitrogen and oxygen atoms in total. The van der Waals surface area contributed by atoms with Crippen molar-refractivity contribution < 1.29 is 60.4 Å². The van der Waals surface area contributed by atoms with Gasteiger partial charge in [0.25, 0.3) is 0 Å². The van der Waals surface area contributed by atoms with Gasteiger partial charge in [0, 0.05) is 34.6 Å². The molecule has 0 atom stereocenters. The van der Waals surface area contributed by atoms with E-state index < -0.39 is 11.9 Å². The summed E-state index contributed by atoms with van der Waals surface area (Å²) in [6.07, 6.45) is 3.52. The van der Waals surface area contributed by atoms with Crippen LogP contribution in [0.1, 0.15) is 79.1 Å². The van der Waals surface area contributed by atoms with Crippen molar-refractivity contribution in [2.24, 2.45) is 0 Å². The third-order valence-corrected chi connectivity index (χ3v) is 2.62. The minimum absolute atomic E-state index is 0. The summed E-state index contributed by atoms with van der Waals surface area (Å²) in [6.45, 7) is 8.31. The van der Waals surface area contributed by atoms with Gasteiger partial charge in [0.15, 0.2) is 0 Å². The van der Waals surface area contributed by atoms with Crippen LogP contribution in [0.15, 0.2) is 0 Å². The Labute approximate surface area is 176 Å². The Morgan fingerprint density at radius 2 is 0.926 bits per heavy atom. The summed E-state index contributed by atoms with van der Waals surface area (Å²) in [5, 5.41) is 0. The van der Waals surface area contributed by atoms with Crippen molar-refractivity contribution in [2.45, 2.75) is 79.1 Å². The van der Waals surface area contributed by atoms with Gasteiger partial charge in [-0.2, -0.15) is 9.78 Å². The maximum Gasteiger partial charge on any atom is 0.349 e. The summed E-state index contributed by atoms with van der Waals surface area (Å²) in [5.74, 6) is -1.42. The Morgan fingerprint density at radius 3 is 1.19 bits per heavy atom. The van der Waals surface area contributed by atoms with Gasteiger partial charge < -0.3 is 0 Å². The smallest absolute Gasteiger partial charge is 0.299 e. The maximum atomic E-state index is 10.9. The van der Waals surface area contributed by atoms with Crippen molar-refractivity contribution in [2.75, 3.05) is 13.2 Å². The molecule has 0 aliphatic heterocycles. The van der Waals surface area contributed by atoms with Crippen LogP contribution in [0.3, 0.4) is 0 Å². The van der Waals surface area contributed by atoms with Crippen LogP contribution in [0.2, 0.25) is 0 Å². The Kier molecular flexibility index (Phi) is 26.0. The van der Waals surface area contributed by atoms with Crippen LogP contribution in [0.25, 0.3) is 0 Å². The second-order valence-electron chi connectivity index (χ2n) is 5.49. The molecule has 9 heteroatoms. The van der Waals surface area contributed by atoms with Crippen LogP contribution in [0.5, 0.6) is 0 Å². The molecule has 27 heavy (non-hydrogen) atoms. The molecule has 0 bridgehead atoms. The molecule has 0 fully saturated rings. The van der Waals surface area contributed by atoms with E-state index in [1.54, 1.807) is 0 Å². The van der Waals surface area contributed by atoms with Crippen LogP contribution in [0, 0.1) is 0 Å². The quantitative estimate of drug-likeness (QED) is 0.138. The van der Waals surface area contributed by atoms with E-state index in [-0.39, 0.29) is 46.1 Å². The molecule has 0 unspecified atom stereocenters. The average molecular weight is 424 g/mol. The number of Topliss-reactive ketones (excluding diaryl/α,β-unsaturated/α-hetero) is 2. The molecule has 0 aromatic rings. The maximum absolute atomic E-state index is 10.9. The van der Waals surface area contributed by atoms with Gasteiger partial charge in [0.1, 0.15) is 24.4 Å². The number of ketones is 2. The van der Waals surface area contributed by atoms with Gasteiger partial charge >= 0.3 is 11.9 Å². The van der Waals surface area contributed by atoms with Gasteiger partial charge in [-0.25, -0.2) is 9.59 Å². The van der Waals surface area contributed by atoms with Crippen molar-refractivity contribution in [3.63, 3.8) is 0 Å². The van der Waals surface area contributed by atoms with Crippen molar-refractivity contribution in [3.8, 4) is 0 Å².